The molecule has 4 nitrogen and oxygen atoms in total. The largest absolute Gasteiger partial charge is 0.508 e. The lowest BCUT2D eigenvalue weighted by molar-refractivity contribution is 0.0696. The predicted molar refractivity (Wildman–Crippen MR) is 91.3 cm³/mol. The second-order valence-corrected chi connectivity index (χ2v) is 5.37. The smallest absolute Gasteiger partial charge is 0.335 e. The standard InChI is InChI=1S/C20H16O4/c21-18-11-16(10-17(12-18)20(22)23)15-6-8-19(9-7-15)24-13-14-4-2-1-3-5-14/h1-12,21H,13H2,(H,22,23). The topological polar surface area (TPSA) is 66.8 Å². The van der Waals surface area contributed by atoms with E-state index in [1.807, 2.05) is 54.6 Å². The zero-order chi connectivity index (χ0) is 16.9. The molecule has 2 N–H and O–H groups in total. The molecule has 0 unspecified atom stereocenters. The monoisotopic (exact) mass is 320 g/mol. The first kappa shape index (κ1) is 15.6. The first-order chi connectivity index (χ1) is 11.6. The van der Waals surface area contributed by atoms with Crippen LogP contribution in [0.3, 0.4) is 0 Å². The molecule has 0 radical (unpaired) electrons. The van der Waals surface area contributed by atoms with Gasteiger partial charge in [0.25, 0.3) is 0 Å². The summed E-state index contributed by atoms with van der Waals surface area (Å²) in [7, 11) is 0. The number of phenols is 1. The summed E-state index contributed by atoms with van der Waals surface area (Å²) >= 11 is 0. The molecule has 0 saturated heterocycles. The summed E-state index contributed by atoms with van der Waals surface area (Å²) in [6.07, 6.45) is 0. The molecule has 0 heterocycles. The van der Waals surface area contributed by atoms with E-state index in [4.69, 9.17) is 9.84 Å². The number of phenolic OH excluding ortho intramolecular Hbond substituents is 1. The Morgan fingerprint density at radius 2 is 1.58 bits per heavy atom. The van der Waals surface area contributed by atoms with E-state index in [1.54, 1.807) is 0 Å². The third-order valence-corrected chi connectivity index (χ3v) is 3.60. The number of ether oxygens (including phenoxy) is 1. The SMILES string of the molecule is O=C(O)c1cc(O)cc(-c2ccc(OCc3ccccc3)cc2)c1. The second kappa shape index (κ2) is 6.87. The van der Waals surface area contributed by atoms with E-state index < -0.39 is 5.97 Å². The van der Waals surface area contributed by atoms with Crippen molar-refractivity contribution in [1.29, 1.82) is 0 Å². The van der Waals surface area contributed by atoms with Gasteiger partial charge in [-0.05, 0) is 47.0 Å². The van der Waals surface area contributed by atoms with Gasteiger partial charge in [0, 0.05) is 0 Å². The molecule has 0 fully saturated rings. The van der Waals surface area contributed by atoms with Gasteiger partial charge in [-0.15, -0.1) is 0 Å². The first-order valence-corrected chi connectivity index (χ1v) is 7.46. The van der Waals surface area contributed by atoms with Gasteiger partial charge < -0.3 is 14.9 Å². The molecule has 0 bridgehead atoms. The molecule has 0 aliphatic carbocycles. The number of rotatable bonds is 5. The summed E-state index contributed by atoms with van der Waals surface area (Å²) < 4.78 is 5.73. The number of hydrogen-bond donors (Lipinski definition) is 2. The quantitative estimate of drug-likeness (QED) is 0.734. The van der Waals surface area contributed by atoms with Crippen LogP contribution in [0.15, 0.2) is 72.8 Å². The average molecular weight is 320 g/mol. The van der Waals surface area contributed by atoms with Crippen molar-refractivity contribution >= 4 is 5.97 Å². The van der Waals surface area contributed by atoms with Crippen molar-refractivity contribution in [3.05, 3.63) is 83.9 Å². The second-order valence-electron chi connectivity index (χ2n) is 5.37. The number of hydrogen-bond acceptors (Lipinski definition) is 3. The van der Waals surface area contributed by atoms with Gasteiger partial charge in [-0.2, -0.15) is 0 Å². The van der Waals surface area contributed by atoms with Crippen LogP contribution in [0.25, 0.3) is 11.1 Å². The van der Waals surface area contributed by atoms with Gasteiger partial charge in [0.2, 0.25) is 0 Å². The van der Waals surface area contributed by atoms with E-state index in [2.05, 4.69) is 0 Å². The third kappa shape index (κ3) is 3.73. The molecule has 0 aliphatic heterocycles. The molecule has 0 amide bonds. The summed E-state index contributed by atoms with van der Waals surface area (Å²) in [4.78, 5) is 11.1. The van der Waals surface area contributed by atoms with Gasteiger partial charge >= 0.3 is 5.97 Å². The van der Waals surface area contributed by atoms with Gasteiger partial charge in [-0.25, -0.2) is 4.79 Å². The van der Waals surface area contributed by atoms with Crippen molar-refractivity contribution in [2.45, 2.75) is 6.61 Å². The fourth-order valence-corrected chi connectivity index (χ4v) is 2.39. The normalized spacial score (nSPS) is 10.3. The van der Waals surface area contributed by atoms with E-state index in [0.29, 0.717) is 12.2 Å². The van der Waals surface area contributed by atoms with Crippen LogP contribution in [0.4, 0.5) is 0 Å². The van der Waals surface area contributed by atoms with Crippen LogP contribution < -0.4 is 4.74 Å². The Kier molecular flexibility index (Phi) is 4.47. The molecule has 4 heteroatoms. The Hall–Kier alpha value is -3.27. The van der Waals surface area contributed by atoms with E-state index in [0.717, 1.165) is 16.9 Å². The number of carboxylic acid groups (broad SMARTS) is 1. The van der Waals surface area contributed by atoms with Crippen molar-refractivity contribution in [3.8, 4) is 22.6 Å². The van der Waals surface area contributed by atoms with Crippen LogP contribution in [0, 0.1) is 0 Å². The number of carbonyl (C=O) groups is 1. The summed E-state index contributed by atoms with van der Waals surface area (Å²) in [5.41, 5.74) is 2.58. The predicted octanol–water partition coefficient (Wildman–Crippen LogP) is 4.34. The molecule has 0 aliphatic rings. The van der Waals surface area contributed by atoms with Crippen molar-refractivity contribution < 1.29 is 19.7 Å². The van der Waals surface area contributed by atoms with E-state index in [1.165, 1.54) is 18.2 Å². The van der Waals surface area contributed by atoms with Gasteiger partial charge in [-0.1, -0.05) is 42.5 Å². The highest BCUT2D eigenvalue weighted by molar-refractivity contribution is 5.90. The summed E-state index contributed by atoms with van der Waals surface area (Å²) in [6.45, 7) is 0.482. The Balaban J connectivity index is 1.76. The Bertz CT molecular complexity index is 839. The molecule has 24 heavy (non-hydrogen) atoms. The van der Waals surface area contributed by atoms with Crippen LogP contribution in [0.5, 0.6) is 11.5 Å². The Labute approximate surface area is 139 Å². The van der Waals surface area contributed by atoms with Crippen LogP contribution in [-0.2, 0) is 6.61 Å². The first-order valence-electron chi connectivity index (χ1n) is 7.46. The van der Waals surface area contributed by atoms with Crippen molar-refractivity contribution in [1.82, 2.24) is 0 Å². The number of carboxylic acids is 1. The maximum absolute atomic E-state index is 11.1. The minimum absolute atomic E-state index is 0.0504. The number of benzene rings is 3. The van der Waals surface area contributed by atoms with E-state index in [-0.39, 0.29) is 11.3 Å². The molecule has 0 spiro atoms. The lowest BCUT2D eigenvalue weighted by Gasteiger charge is -2.08. The molecule has 120 valence electrons. The molecule has 0 atom stereocenters. The summed E-state index contributed by atoms with van der Waals surface area (Å²) in [6, 6.07) is 21.5. The zero-order valence-electron chi connectivity index (χ0n) is 12.8. The molecule has 0 aromatic heterocycles. The number of aromatic carboxylic acids is 1. The molecule has 3 rings (SSSR count). The Morgan fingerprint density at radius 1 is 0.875 bits per heavy atom. The molecule has 0 saturated carbocycles. The van der Waals surface area contributed by atoms with Gasteiger partial charge in [0.05, 0.1) is 5.56 Å². The maximum atomic E-state index is 11.1. The molecule has 3 aromatic rings. The summed E-state index contributed by atoms with van der Waals surface area (Å²) in [5.74, 6) is -0.425. The van der Waals surface area contributed by atoms with E-state index in [9.17, 15) is 9.90 Å². The van der Waals surface area contributed by atoms with Gasteiger partial charge in [0.15, 0.2) is 0 Å². The highest BCUT2D eigenvalue weighted by Gasteiger charge is 2.08. The third-order valence-electron chi connectivity index (χ3n) is 3.60. The maximum Gasteiger partial charge on any atom is 0.335 e. The van der Waals surface area contributed by atoms with Crippen molar-refractivity contribution in [3.63, 3.8) is 0 Å². The lowest BCUT2D eigenvalue weighted by Crippen LogP contribution is -1.96. The van der Waals surface area contributed by atoms with E-state index >= 15 is 0 Å². The van der Waals surface area contributed by atoms with Crippen LogP contribution >= 0.6 is 0 Å². The molecule has 3 aromatic carbocycles. The fraction of sp³-hybridized carbons (Fsp3) is 0.0500. The highest BCUT2D eigenvalue weighted by Crippen LogP contribution is 2.27. The molecular weight excluding hydrogens is 304 g/mol. The zero-order valence-corrected chi connectivity index (χ0v) is 12.8. The van der Waals surface area contributed by atoms with Crippen LogP contribution in [0.1, 0.15) is 15.9 Å². The Morgan fingerprint density at radius 3 is 2.25 bits per heavy atom. The summed E-state index contributed by atoms with van der Waals surface area (Å²) in [5, 5.41) is 18.8. The average Bonchev–Trinajstić information content (AvgIpc) is 2.61. The van der Waals surface area contributed by atoms with Gasteiger partial charge in [0.1, 0.15) is 18.1 Å². The molecular formula is C20H16O4. The van der Waals surface area contributed by atoms with Crippen LogP contribution in [0.2, 0.25) is 0 Å². The lowest BCUT2D eigenvalue weighted by atomic mass is 10.0. The van der Waals surface area contributed by atoms with Crippen LogP contribution in [-0.4, -0.2) is 16.2 Å². The number of aromatic hydroxyl groups is 1. The minimum atomic E-state index is -1.07. The van der Waals surface area contributed by atoms with Gasteiger partial charge in [-0.3, -0.25) is 0 Å². The van der Waals surface area contributed by atoms with Crippen molar-refractivity contribution in [2.24, 2.45) is 0 Å². The highest BCUT2D eigenvalue weighted by atomic mass is 16.5. The minimum Gasteiger partial charge on any atom is -0.508 e. The van der Waals surface area contributed by atoms with Crippen molar-refractivity contribution in [2.75, 3.05) is 0 Å². The fourth-order valence-electron chi connectivity index (χ4n) is 2.39.